The van der Waals surface area contributed by atoms with Crippen LogP contribution in [-0.2, 0) is 19.1 Å². The topological polar surface area (TPSA) is 95.7 Å². The molecule has 0 aliphatic heterocycles. The predicted octanol–water partition coefficient (Wildman–Crippen LogP) is 2.10. The average Bonchev–Trinajstić information content (AvgIpc) is 2.45. The Morgan fingerprint density at radius 2 is 1.76 bits per heavy atom. The zero-order valence-corrected chi connectivity index (χ0v) is 11.7. The number of esters is 2. The minimum atomic E-state index is -0.831. The van der Waals surface area contributed by atoms with Gasteiger partial charge in [0, 0.05) is 12.1 Å². The normalized spacial score (nSPS) is 9.62. The second kappa shape index (κ2) is 7.78. The number of carbonyl (C=O) groups is 2. The molecular formula is C14H15NO6. The van der Waals surface area contributed by atoms with Gasteiger partial charge in [0.2, 0.25) is 0 Å². The molecule has 21 heavy (non-hydrogen) atoms. The van der Waals surface area contributed by atoms with Gasteiger partial charge in [0.25, 0.3) is 5.69 Å². The van der Waals surface area contributed by atoms with Crippen LogP contribution in [-0.4, -0.2) is 30.1 Å². The molecule has 1 aromatic rings. The summed E-state index contributed by atoms with van der Waals surface area (Å²) in [6.07, 6.45) is 1.21. The number of hydrogen-bond acceptors (Lipinski definition) is 6. The Bertz CT molecular complexity index is 559. The van der Waals surface area contributed by atoms with Crippen LogP contribution in [0.25, 0.3) is 6.08 Å². The van der Waals surface area contributed by atoms with E-state index in [1.165, 1.54) is 30.3 Å². The number of nitro groups is 1. The van der Waals surface area contributed by atoms with Crippen LogP contribution >= 0.6 is 0 Å². The van der Waals surface area contributed by atoms with Crippen LogP contribution in [0.1, 0.15) is 19.4 Å². The minimum Gasteiger partial charge on any atom is -0.462 e. The lowest BCUT2D eigenvalue weighted by Crippen LogP contribution is -2.18. The van der Waals surface area contributed by atoms with Crippen LogP contribution in [0.3, 0.4) is 0 Å². The van der Waals surface area contributed by atoms with Gasteiger partial charge in [-0.25, -0.2) is 9.59 Å². The highest BCUT2D eigenvalue weighted by Crippen LogP contribution is 2.17. The van der Waals surface area contributed by atoms with E-state index in [-0.39, 0.29) is 24.5 Å². The highest BCUT2D eigenvalue weighted by Gasteiger charge is 2.21. The van der Waals surface area contributed by atoms with Gasteiger partial charge < -0.3 is 9.47 Å². The van der Waals surface area contributed by atoms with Crippen molar-refractivity contribution in [2.24, 2.45) is 0 Å². The van der Waals surface area contributed by atoms with Crippen molar-refractivity contribution >= 4 is 23.7 Å². The fraction of sp³-hybridized carbons (Fsp3) is 0.286. The van der Waals surface area contributed by atoms with E-state index in [1.54, 1.807) is 13.8 Å². The van der Waals surface area contributed by atoms with Crippen LogP contribution < -0.4 is 0 Å². The number of rotatable bonds is 6. The Morgan fingerprint density at radius 1 is 1.19 bits per heavy atom. The van der Waals surface area contributed by atoms with Crippen LogP contribution in [0.2, 0.25) is 0 Å². The Labute approximate surface area is 121 Å². The van der Waals surface area contributed by atoms with E-state index in [0.717, 1.165) is 0 Å². The highest BCUT2D eigenvalue weighted by atomic mass is 16.6. The number of hydrogen-bond donors (Lipinski definition) is 0. The number of carbonyl (C=O) groups excluding carboxylic acids is 2. The minimum absolute atomic E-state index is 0.102. The number of benzene rings is 1. The number of nitro benzene ring substituents is 1. The summed E-state index contributed by atoms with van der Waals surface area (Å²) in [7, 11) is 0. The molecule has 7 heteroatoms. The third kappa shape index (κ3) is 4.72. The molecule has 0 amide bonds. The summed E-state index contributed by atoms with van der Waals surface area (Å²) < 4.78 is 9.56. The molecule has 112 valence electrons. The highest BCUT2D eigenvalue weighted by molar-refractivity contribution is 6.17. The van der Waals surface area contributed by atoms with Gasteiger partial charge in [0.05, 0.1) is 18.1 Å². The first-order chi connectivity index (χ1) is 9.99. The second-order valence-electron chi connectivity index (χ2n) is 3.85. The maximum Gasteiger partial charge on any atom is 0.345 e. The zero-order valence-electron chi connectivity index (χ0n) is 11.7. The molecule has 0 unspecified atom stereocenters. The van der Waals surface area contributed by atoms with E-state index in [4.69, 9.17) is 9.47 Å². The molecule has 0 aromatic heterocycles. The fourth-order valence-electron chi connectivity index (χ4n) is 1.51. The third-order valence-corrected chi connectivity index (χ3v) is 2.38. The molecule has 7 nitrogen and oxygen atoms in total. The molecule has 0 fully saturated rings. The van der Waals surface area contributed by atoms with Gasteiger partial charge in [-0.3, -0.25) is 10.1 Å². The number of nitrogens with zero attached hydrogens (tertiary/aromatic N) is 1. The molecule has 0 N–H and O–H groups in total. The van der Waals surface area contributed by atoms with Crippen molar-refractivity contribution in [2.75, 3.05) is 13.2 Å². The van der Waals surface area contributed by atoms with Crippen LogP contribution in [0.4, 0.5) is 5.69 Å². The molecule has 0 spiro atoms. The molecule has 0 heterocycles. The smallest absolute Gasteiger partial charge is 0.345 e. The van der Waals surface area contributed by atoms with Crippen LogP contribution in [0.15, 0.2) is 29.8 Å². The van der Waals surface area contributed by atoms with Crippen molar-refractivity contribution in [2.45, 2.75) is 13.8 Å². The quantitative estimate of drug-likeness (QED) is 0.199. The maximum atomic E-state index is 11.8. The first kappa shape index (κ1) is 16.4. The number of non-ortho nitro benzene ring substituents is 1. The molecule has 1 rings (SSSR count). The van der Waals surface area contributed by atoms with E-state index >= 15 is 0 Å². The van der Waals surface area contributed by atoms with Crippen molar-refractivity contribution < 1.29 is 24.0 Å². The summed E-state index contributed by atoms with van der Waals surface area (Å²) in [6, 6.07) is 5.55. The molecule has 0 bridgehead atoms. The van der Waals surface area contributed by atoms with Crippen molar-refractivity contribution in [1.82, 2.24) is 0 Å². The summed E-state index contributed by atoms with van der Waals surface area (Å²) in [5.74, 6) is -1.66. The average molecular weight is 293 g/mol. The summed E-state index contributed by atoms with van der Waals surface area (Å²) in [5, 5.41) is 10.7. The van der Waals surface area contributed by atoms with Crippen molar-refractivity contribution in [3.05, 3.63) is 45.5 Å². The van der Waals surface area contributed by atoms with E-state index in [0.29, 0.717) is 5.56 Å². The van der Waals surface area contributed by atoms with E-state index in [2.05, 4.69) is 0 Å². The first-order valence-electron chi connectivity index (χ1n) is 6.30. The van der Waals surface area contributed by atoms with Crippen LogP contribution in [0.5, 0.6) is 0 Å². The summed E-state index contributed by atoms with van der Waals surface area (Å²) in [5.41, 5.74) is -0.115. The lowest BCUT2D eigenvalue weighted by molar-refractivity contribution is -0.384. The van der Waals surface area contributed by atoms with Gasteiger partial charge in [0.1, 0.15) is 5.57 Å². The molecule has 0 aliphatic rings. The molecule has 0 saturated heterocycles. The molecule has 0 atom stereocenters. The summed E-state index contributed by atoms with van der Waals surface area (Å²) >= 11 is 0. The Balaban J connectivity index is 3.17. The largest absolute Gasteiger partial charge is 0.462 e. The van der Waals surface area contributed by atoms with Crippen molar-refractivity contribution in [1.29, 1.82) is 0 Å². The molecule has 0 aliphatic carbocycles. The standard InChI is InChI=1S/C14H15NO6/c1-3-20-13(16)12(14(17)21-4-2)9-10-6-5-7-11(8-10)15(18)19/h5-9H,3-4H2,1-2H3. The predicted molar refractivity (Wildman–Crippen MR) is 74.3 cm³/mol. The van der Waals surface area contributed by atoms with Gasteiger partial charge in [0.15, 0.2) is 0 Å². The third-order valence-electron chi connectivity index (χ3n) is 2.38. The molecule has 1 aromatic carbocycles. The van der Waals surface area contributed by atoms with Gasteiger partial charge >= 0.3 is 11.9 Å². The SMILES string of the molecule is CCOC(=O)C(=Cc1cccc([N+](=O)[O-])c1)C(=O)OCC. The molecule has 0 radical (unpaired) electrons. The van der Waals surface area contributed by atoms with E-state index in [9.17, 15) is 19.7 Å². The van der Waals surface area contributed by atoms with Crippen molar-refractivity contribution in [3.63, 3.8) is 0 Å². The number of ether oxygens (including phenoxy) is 2. The maximum absolute atomic E-state index is 11.8. The summed E-state index contributed by atoms with van der Waals surface area (Å²) in [4.78, 5) is 33.7. The Hall–Kier alpha value is -2.70. The van der Waals surface area contributed by atoms with Gasteiger partial charge in [-0.1, -0.05) is 12.1 Å². The van der Waals surface area contributed by atoms with Gasteiger partial charge in [-0.15, -0.1) is 0 Å². The Morgan fingerprint density at radius 3 is 2.24 bits per heavy atom. The molecular weight excluding hydrogens is 278 g/mol. The van der Waals surface area contributed by atoms with Gasteiger partial charge in [-0.2, -0.15) is 0 Å². The first-order valence-corrected chi connectivity index (χ1v) is 6.30. The summed E-state index contributed by atoms with van der Waals surface area (Å²) in [6.45, 7) is 3.41. The van der Waals surface area contributed by atoms with E-state index < -0.39 is 16.9 Å². The van der Waals surface area contributed by atoms with Gasteiger partial charge in [-0.05, 0) is 25.5 Å². The monoisotopic (exact) mass is 293 g/mol. The lowest BCUT2D eigenvalue weighted by Gasteiger charge is -2.06. The second-order valence-corrected chi connectivity index (χ2v) is 3.85. The zero-order chi connectivity index (χ0) is 15.8. The molecule has 0 saturated carbocycles. The van der Waals surface area contributed by atoms with Crippen LogP contribution in [0, 0.1) is 10.1 Å². The van der Waals surface area contributed by atoms with E-state index in [1.807, 2.05) is 0 Å². The lowest BCUT2D eigenvalue weighted by atomic mass is 10.1. The Kier molecular flexibility index (Phi) is 6.06. The van der Waals surface area contributed by atoms with Crippen molar-refractivity contribution in [3.8, 4) is 0 Å². The fourth-order valence-corrected chi connectivity index (χ4v) is 1.51.